The van der Waals surface area contributed by atoms with Crippen LogP contribution >= 0.6 is 12.6 Å². The normalized spacial score (nSPS) is 19.1. The van der Waals surface area contributed by atoms with Gasteiger partial charge in [0.2, 0.25) is 0 Å². The van der Waals surface area contributed by atoms with E-state index in [9.17, 15) is 4.79 Å². The van der Waals surface area contributed by atoms with Gasteiger partial charge in [0.1, 0.15) is 5.75 Å². The molecule has 1 fully saturated rings. The van der Waals surface area contributed by atoms with Crippen LogP contribution in [0.4, 0.5) is 0 Å². The Balaban J connectivity index is 2.37. The summed E-state index contributed by atoms with van der Waals surface area (Å²) in [7, 11) is 1.08. The summed E-state index contributed by atoms with van der Waals surface area (Å²) in [4.78, 5) is 11.0. The molecule has 0 bridgehead atoms. The molecule has 0 spiro atoms. The van der Waals surface area contributed by atoms with Crippen molar-refractivity contribution in [2.75, 3.05) is 12.9 Å². The zero-order valence-electron chi connectivity index (χ0n) is 15.3. The second-order valence-corrected chi connectivity index (χ2v) is 7.43. The molecule has 1 aromatic rings. The highest BCUT2D eigenvalue weighted by Gasteiger charge is 2.52. The maximum Gasteiger partial charge on any atom is 0.491 e. The molecule has 2 rings (SSSR count). The van der Waals surface area contributed by atoms with Crippen LogP contribution < -0.4 is 4.74 Å². The van der Waals surface area contributed by atoms with Gasteiger partial charge in [0, 0.05) is 11.3 Å². The first-order valence-electron chi connectivity index (χ1n) is 8.15. The van der Waals surface area contributed by atoms with Crippen molar-refractivity contribution in [3.05, 3.63) is 34.8 Å². The first-order chi connectivity index (χ1) is 11.6. The predicted molar refractivity (Wildman–Crippen MR) is 102 cm³/mol. The summed E-state index contributed by atoms with van der Waals surface area (Å²) >= 11 is 4.42. The minimum atomic E-state index is -0.875. The Morgan fingerprint density at radius 3 is 2.36 bits per heavy atom. The molecule has 1 N–H and O–H groups in total. The summed E-state index contributed by atoms with van der Waals surface area (Å²) in [6.07, 6.45) is 1.86. The number of hydrogen-bond acceptors (Lipinski definition) is 5. The number of ether oxygens (including phenoxy) is 1. The first kappa shape index (κ1) is 19.9. The molecular formula is C18H25BO5S. The van der Waals surface area contributed by atoms with Crippen LogP contribution in [0.5, 0.6) is 5.75 Å². The van der Waals surface area contributed by atoms with E-state index in [1.54, 1.807) is 19.2 Å². The molecule has 1 aromatic carbocycles. The van der Waals surface area contributed by atoms with E-state index < -0.39 is 24.3 Å². The van der Waals surface area contributed by atoms with E-state index in [0.29, 0.717) is 17.1 Å². The van der Waals surface area contributed by atoms with Gasteiger partial charge in [-0.15, -0.1) is 0 Å². The van der Waals surface area contributed by atoms with Crippen LogP contribution in [0, 0.1) is 0 Å². The van der Waals surface area contributed by atoms with Crippen molar-refractivity contribution in [2.24, 2.45) is 0 Å². The lowest BCUT2D eigenvalue weighted by Crippen LogP contribution is -2.41. The van der Waals surface area contributed by atoms with Gasteiger partial charge < -0.3 is 19.2 Å². The molecule has 1 saturated heterocycles. The highest BCUT2D eigenvalue weighted by atomic mass is 32.1. The number of benzene rings is 1. The van der Waals surface area contributed by atoms with Crippen molar-refractivity contribution < 1.29 is 23.9 Å². The largest absolute Gasteiger partial charge is 0.496 e. The van der Waals surface area contributed by atoms with Gasteiger partial charge in [-0.05, 0) is 50.9 Å². The van der Waals surface area contributed by atoms with Gasteiger partial charge in [0.05, 0.1) is 24.7 Å². The van der Waals surface area contributed by atoms with E-state index in [1.165, 1.54) is 0 Å². The van der Waals surface area contributed by atoms with Gasteiger partial charge in [-0.25, -0.2) is 0 Å². The summed E-state index contributed by atoms with van der Waals surface area (Å²) in [6.45, 7) is 7.99. The number of carboxylic acids is 1. The number of carbonyl (C=O) groups is 1. The summed E-state index contributed by atoms with van der Waals surface area (Å²) in [5, 5.41) is 9.00. The summed E-state index contributed by atoms with van der Waals surface area (Å²) in [5.74, 6) is 0.230. The quantitative estimate of drug-likeness (QED) is 0.599. The minimum Gasteiger partial charge on any atom is -0.496 e. The van der Waals surface area contributed by atoms with Crippen LogP contribution in [0.3, 0.4) is 0 Å². The van der Waals surface area contributed by atoms with Gasteiger partial charge in [-0.3, -0.25) is 4.79 Å². The fourth-order valence-corrected chi connectivity index (χ4v) is 2.80. The SMILES string of the molecule is COc1ccc(CC(=O)O)cc1C=C(CS)B1OC(C)(C)C(C)(C)O1. The third kappa shape index (κ3) is 4.40. The topological polar surface area (TPSA) is 65.0 Å². The number of aliphatic carboxylic acids is 1. The monoisotopic (exact) mass is 364 g/mol. The molecule has 7 heteroatoms. The van der Waals surface area contributed by atoms with Crippen molar-refractivity contribution in [2.45, 2.75) is 45.3 Å². The van der Waals surface area contributed by atoms with Crippen molar-refractivity contribution in [3.63, 3.8) is 0 Å². The Bertz CT molecular complexity index is 668. The van der Waals surface area contributed by atoms with Gasteiger partial charge in [-0.2, -0.15) is 12.6 Å². The van der Waals surface area contributed by atoms with E-state index in [4.69, 9.17) is 19.2 Å². The van der Waals surface area contributed by atoms with Gasteiger partial charge in [-0.1, -0.05) is 12.1 Å². The van der Waals surface area contributed by atoms with E-state index in [-0.39, 0.29) is 6.42 Å². The lowest BCUT2D eigenvalue weighted by Gasteiger charge is -2.32. The number of carboxylic acid groups (broad SMARTS) is 1. The van der Waals surface area contributed by atoms with Gasteiger partial charge in [0.25, 0.3) is 0 Å². The highest BCUT2D eigenvalue weighted by molar-refractivity contribution is 7.80. The van der Waals surface area contributed by atoms with Crippen LogP contribution in [-0.2, 0) is 20.5 Å². The first-order valence-corrected chi connectivity index (χ1v) is 8.78. The predicted octanol–water partition coefficient (Wildman–Crippen LogP) is 3.27. The summed E-state index contributed by atoms with van der Waals surface area (Å²) < 4.78 is 17.6. The molecule has 0 saturated carbocycles. The van der Waals surface area contributed by atoms with Gasteiger partial charge >= 0.3 is 13.1 Å². The Labute approximate surface area is 154 Å². The third-order valence-corrected chi connectivity index (χ3v) is 5.09. The molecule has 1 aliphatic heterocycles. The van der Waals surface area contributed by atoms with Crippen LogP contribution in [0.1, 0.15) is 38.8 Å². The van der Waals surface area contributed by atoms with Crippen LogP contribution in [-0.4, -0.2) is 42.3 Å². The van der Waals surface area contributed by atoms with Crippen LogP contribution in [0.25, 0.3) is 6.08 Å². The van der Waals surface area contributed by atoms with Gasteiger partial charge in [0.15, 0.2) is 0 Å². The van der Waals surface area contributed by atoms with Crippen molar-refractivity contribution in [3.8, 4) is 5.75 Å². The Morgan fingerprint density at radius 1 is 1.28 bits per heavy atom. The smallest absolute Gasteiger partial charge is 0.491 e. The van der Waals surface area contributed by atoms with Crippen LogP contribution in [0.2, 0.25) is 0 Å². The van der Waals surface area contributed by atoms with Crippen molar-refractivity contribution in [1.29, 1.82) is 0 Å². The second-order valence-electron chi connectivity index (χ2n) is 7.11. The molecule has 0 aromatic heterocycles. The maximum atomic E-state index is 11.0. The lowest BCUT2D eigenvalue weighted by molar-refractivity contribution is -0.136. The highest BCUT2D eigenvalue weighted by Crippen LogP contribution is 2.39. The maximum absolute atomic E-state index is 11.0. The number of methoxy groups -OCH3 is 1. The molecule has 1 heterocycles. The molecule has 0 amide bonds. The average molecular weight is 364 g/mol. The van der Waals surface area contributed by atoms with E-state index in [2.05, 4.69) is 12.6 Å². The fraction of sp³-hybridized carbons (Fsp3) is 0.500. The Morgan fingerprint density at radius 2 is 1.88 bits per heavy atom. The Hall–Kier alpha value is -1.44. The summed E-state index contributed by atoms with van der Waals surface area (Å²) in [5.41, 5.74) is 1.46. The molecule has 25 heavy (non-hydrogen) atoms. The fourth-order valence-electron chi connectivity index (χ4n) is 2.56. The number of hydrogen-bond donors (Lipinski definition) is 2. The van der Waals surface area contributed by atoms with E-state index in [0.717, 1.165) is 11.0 Å². The molecule has 136 valence electrons. The molecular weight excluding hydrogens is 339 g/mol. The second kappa shape index (κ2) is 7.44. The number of rotatable bonds is 6. The van der Waals surface area contributed by atoms with Crippen molar-refractivity contribution >= 4 is 31.8 Å². The number of thiol groups is 1. The summed E-state index contributed by atoms with van der Waals surface area (Å²) in [6, 6.07) is 5.32. The molecule has 5 nitrogen and oxygen atoms in total. The molecule has 0 atom stereocenters. The van der Waals surface area contributed by atoms with E-state index >= 15 is 0 Å². The molecule has 0 radical (unpaired) electrons. The zero-order chi connectivity index (χ0) is 18.8. The molecule has 1 aliphatic rings. The van der Waals surface area contributed by atoms with E-state index in [1.807, 2.05) is 39.8 Å². The standard InChI is InChI=1S/C18H25BO5S/c1-17(2)18(3,4)24-19(23-17)14(11-25)10-13-8-12(9-16(20)21)6-7-15(13)22-5/h6-8,10,25H,9,11H2,1-5H3,(H,20,21). The molecule has 0 aliphatic carbocycles. The Kier molecular flexibility index (Phi) is 5.91. The zero-order valence-corrected chi connectivity index (χ0v) is 16.2. The lowest BCUT2D eigenvalue weighted by atomic mass is 9.78. The third-order valence-electron chi connectivity index (χ3n) is 4.73. The average Bonchev–Trinajstić information content (AvgIpc) is 2.72. The molecule has 0 unspecified atom stereocenters. The van der Waals surface area contributed by atoms with Crippen molar-refractivity contribution in [1.82, 2.24) is 0 Å². The minimum absolute atomic E-state index is 0.0441. The van der Waals surface area contributed by atoms with Crippen LogP contribution in [0.15, 0.2) is 23.7 Å².